The number of hydrogen-bond donors (Lipinski definition) is 0. The number of rotatable bonds is 7. The molecule has 0 spiro atoms. The number of fused-ring (bicyclic) bond motifs is 1. The summed E-state index contributed by atoms with van der Waals surface area (Å²) in [5.74, 6) is 2.34. The third kappa shape index (κ3) is 4.82. The van der Waals surface area contributed by atoms with E-state index in [1.807, 2.05) is 6.07 Å². The molecule has 1 aliphatic heterocycles. The molecule has 0 fully saturated rings. The molecule has 6 heteroatoms. The summed E-state index contributed by atoms with van der Waals surface area (Å²) in [4.78, 5) is 15.0. The van der Waals surface area contributed by atoms with Crippen molar-refractivity contribution in [1.82, 2.24) is 4.90 Å². The summed E-state index contributed by atoms with van der Waals surface area (Å²) < 4.78 is 22.6. The van der Waals surface area contributed by atoms with Gasteiger partial charge < -0.3 is 18.6 Å². The topological polar surface area (TPSA) is 61.1 Å². The van der Waals surface area contributed by atoms with Gasteiger partial charge in [-0.05, 0) is 85.2 Å². The first-order valence-electron chi connectivity index (χ1n) is 11.6. The Bertz CT molecular complexity index is 1230. The lowest BCUT2D eigenvalue weighted by atomic mass is 9.95. The Labute approximate surface area is 201 Å². The van der Waals surface area contributed by atoms with Crippen LogP contribution in [0.1, 0.15) is 44.7 Å². The Kier molecular flexibility index (Phi) is 6.98. The summed E-state index contributed by atoms with van der Waals surface area (Å²) in [6.45, 7) is 10.9. The van der Waals surface area contributed by atoms with Crippen molar-refractivity contribution in [2.75, 3.05) is 20.8 Å². The van der Waals surface area contributed by atoms with Crippen molar-refractivity contribution >= 4 is 0 Å². The molecule has 0 bridgehead atoms. The summed E-state index contributed by atoms with van der Waals surface area (Å²) in [7, 11) is 3.30. The van der Waals surface area contributed by atoms with Gasteiger partial charge in [0.05, 0.1) is 20.8 Å². The number of ether oxygens (including phenoxy) is 3. The molecule has 1 aromatic heterocycles. The third-order valence-corrected chi connectivity index (χ3v) is 6.92. The van der Waals surface area contributed by atoms with Crippen molar-refractivity contribution in [2.24, 2.45) is 0 Å². The highest BCUT2D eigenvalue weighted by atomic mass is 16.5. The third-order valence-electron chi connectivity index (χ3n) is 6.92. The van der Waals surface area contributed by atoms with Gasteiger partial charge in [0.25, 0.3) is 0 Å². The zero-order chi connectivity index (χ0) is 24.4. The van der Waals surface area contributed by atoms with Crippen LogP contribution < -0.4 is 19.6 Å². The molecule has 0 saturated heterocycles. The van der Waals surface area contributed by atoms with Crippen molar-refractivity contribution in [3.8, 4) is 17.2 Å². The lowest BCUT2D eigenvalue weighted by molar-refractivity contribution is 0.219. The molecule has 1 aliphatic rings. The highest BCUT2D eigenvalue weighted by molar-refractivity contribution is 5.48. The van der Waals surface area contributed by atoms with Gasteiger partial charge in [0.2, 0.25) is 11.2 Å². The normalized spacial score (nSPS) is 13.5. The fourth-order valence-corrected chi connectivity index (χ4v) is 4.59. The summed E-state index contributed by atoms with van der Waals surface area (Å²) in [5.41, 5.74) is 8.27. The predicted molar refractivity (Wildman–Crippen MR) is 132 cm³/mol. The molecule has 34 heavy (non-hydrogen) atoms. The van der Waals surface area contributed by atoms with E-state index >= 15 is 0 Å². The van der Waals surface area contributed by atoms with Crippen LogP contribution in [0.3, 0.4) is 0 Å². The molecule has 0 radical (unpaired) electrons. The molecule has 0 aliphatic carbocycles. The molecule has 0 N–H and O–H groups in total. The van der Waals surface area contributed by atoms with E-state index in [2.05, 4.69) is 44.7 Å². The molecule has 180 valence electrons. The Hall–Kier alpha value is -3.25. The maximum Gasteiger partial charge on any atom is 0.227 e. The second-order valence-corrected chi connectivity index (χ2v) is 9.04. The SMILES string of the molecule is COc1cc2c(cc1OC)CN(Cc1cc(=O)c(OCc3c(C)c(C)cc(C)c3C)co1)CC2. The first kappa shape index (κ1) is 23.9. The highest BCUT2D eigenvalue weighted by Gasteiger charge is 2.20. The number of hydrogen-bond acceptors (Lipinski definition) is 6. The molecule has 0 amide bonds. The minimum Gasteiger partial charge on any atom is -0.493 e. The van der Waals surface area contributed by atoms with Crippen molar-refractivity contribution in [3.05, 3.63) is 85.5 Å². The maximum atomic E-state index is 12.7. The Balaban J connectivity index is 1.44. The largest absolute Gasteiger partial charge is 0.493 e. The van der Waals surface area contributed by atoms with E-state index in [1.165, 1.54) is 39.6 Å². The van der Waals surface area contributed by atoms with Gasteiger partial charge in [0, 0.05) is 19.2 Å². The van der Waals surface area contributed by atoms with E-state index < -0.39 is 0 Å². The summed E-state index contributed by atoms with van der Waals surface area (Å²) in [5, 5.41) is 0. The smallest absolute Gasteiger partial charge is 0.227 e. The van der Waals surface area contributed by atoms with Crippen LogP contribution in [0.25, 0.3) is 0 Å². The maximum absolute atomic E-state index is 12.7. The zero-order valence-electron chi connectivity index (χ0n) is 20.9. The van der Waals surface area contributed by atoms with E-state index in [-0.39, 0.29) is 11.2 Å². The Morgan fingerprint density at radius 2 is 1.53 bits per heavy atom. The average Bonchev–Trinajstić information content (AvgIpc) is 2.83. The van der Waals surface area contributed by atoms with Gasteiger partial charge >= 0.3 is 0 Å². The molecule has 0 atom stereocenters. The average molecular weight is 464 g/mol. The van der Waals surface area contributed by atoms with Gasteiger partial charge in [-0.2, -0.15) is 0 Å². The number of aryl methyl sites for hydroxylation is 2. The van der Waals surface area contributed by atoms with E-state index in [1.54, 1.807) is 20.3 Å². The molecular formula is C28H33NO5. The van der Waals surface area contributed by atoms with Crippen LogP contribution in [0.4, 0.5) is 0 Å². The van der Waals surface area contributed by atoms with Gasteiger partial charge in [0.1, 0.15) is 18.6 Å². The van der Waals surface area contributed by atoms with Crippen LogP contribution in [-0.4, -0.2) is 25.7 Å². The quantitative estimate of drug-likeness (QED) is 0.490. The van der Waals surface area contributed by atoms with Crippen LogP contribution in [-0.2, 0) is 26.1 Å². The molecule has 0 unspecified atom stereocenters. The van der Waals surface area contributed by atoms with Gasteiger partial charge in [0.15, 0.2) is 11.5 Å². The minimum atomic E-state index is -0.162. The van der Waals surface area contributed by atoms with Crippen molar-refractivity contribution in [1.29, 1.82) is 0 Å². The lowest BCUT2D eigenvalue weighted by Gasteiger charge is -2.29. The fourth-order valence-electron chi connectivity index (χ4n) is 4.59. The first-order valence-corrected chi connectivity index (χ1v) is 11.6. The monoisotopic (exact) mass is 463 g/mol. The van der Waals surface area contributed by atoms with Crippen LogP contribution in [0.2, 0.25) is 0 Å². The molecule has 2 aromatic carbocycles. The van der Waals surface area contributed by atoms with Crippen LogP contribution >= 0.6 is 0 Å². The summed E-state index contributed by atoms with van der Waals surface area (Å²) in [6, 6.07) is 7.81. The number of nitrogens with zero attached hydrogens (tertiary/aromatic N) is 1. The van der Waals surface area contributed by atoms with E-state index in [4.69, 9.17) is 18.6 Å². The molecular weight excluding hydrogens is 430 g/mol. The van der Waals surface area contributed by atoms with Gasteiger partial charge in [-0.1, -0.05) is 6.07 Å². The minimum absolute atomic E-state index is 0.162. The molecule has 2 heterocycles. The van der Waals surface area contributed by atoms with Crippen LogP contribution in [0.15, 0.2) is 39.7 Å². The number of benzene rings is 2. The molecule has 4 rings (SSSR count). The summed E-state index contributed by atoms with van der Waals surface area (Å²) >= 11 is 0. The number of methoxy groups -OCH3 is 2. The van der Waals surface area contributed by atoms with E-state index in [9.17, 15) is 4.79 Å². The molecule has 0 saturated carbocycles. The summed E-state index contributed by atoms with van der Waals surface area (Å²) in [6.07, 6.45) is 2.34. The Morgan fingerprint density at radius 1 is 0.882 bits per heavy atom. The first-order chi connectivity index (χ1) is 16.3. The fraction of sp³-hybridized carbons (Fsp3) is 0.393. The van der Waals surface area contributed by atoms with Gasteiger partial charge in [-0.15, -0.1) is 0 Å². The van der Waals surface area contributed by atoms with Gasteiger partial charge in [-0.3, -0.25) is 9.69 Å². The molecule has 6 nitrogen and oxygen atoms in total. The van der Waals surface area contributed by atoms with Crippen molar-refractivity contribution in [3.63, 3.8) is 0 Å². The standard InChI is InChI=1S/C28H33NO5/c1-17-9-18(2)20(4)24(19(17)3)15-34-28-16-33-23(12-25(28)30)14-29-8-7-21-10-26(31-5)27(32-6)11-22(21)13-29/h9-12,16H,7-8,13-15H2,1-6H3. The van der Waals surface area contributed by atoms with Crippen molar-refractivity contribution < 1.29 is 18.6 Å². The Morgan fingerprint density at radius 3 is 2.15 bits per heavy atom. The predicted octanol–water partition coefficient (Wildman–Crippen LogP) is 5.03. The second kappa shape index (κ2) is 9.94. The van der Waals surface area contributed by atoms with Crippen LogP contribution in [0.5, 0.6) is 17.2 Å². The van der Waals surface area contributed by atoms with Crippen molar-refractivity contribution in [2.45, 2.75) is 53.8 Å². The van der Waals surface area contributed by atoms with Crippen LogP contribution in [0, 0.1) is 27.7 Å². The molecule has 3 aromatic rings. The van der Waals surface area contributed by atoms with E-state index in [0.717, 1.165) is 36.6 Å². The second-order valence-electron chi connectivity index (χ2n) is 9.04. The highest BCUT2D eigenvalue weighted by Crippen LogP contribution is 2.33. The lowest BCUT2D eigenvalue weighted by Crippen LogP contribution is -2.30. The van der Waals surface area contributed by atoms with Gasteiger partial charge in [-0.25, -0.2) is 0 Å². The van der Waals surface area contributed by atoms with E-state index in [0.29, 0.717) is 18.9 Å². The zero-order valence-corrected chi connectivity index (χ0v) is 20.9.